The Morgan fingerprint density at radius 3 is 1.15 bits per heavy atom. The third kappa shape index (κ3) is 15.5. The summed E-state index contributed by atoms with van der Waals surface area (Å²) in [4.78, 5) is 0. The van der Waals surface area contributed by atoms with Crippen molar-refractivity contribution in [3.8, 4) is 17.5 Å². The highest BCUT2D eigenvalue weighted by Gasteiger charge is 2.25. The molecule has 0 saturated heterocycles. The zero-order valence-corrected chi connectivity index (χ0v) is 54.1. The smallest absolute Gasteiger partial charge is 0.237 e. The zero-order chi connectivity index (χ0) is 60.5. The number of fused-ring (bicyclic) bond motifs is 9. The van der Waals surface area contributed by atoms with Gasteiger partial charge < -0.3 is 0 Å². The first-order valence-corrected chi connectivity index (χ1v) is 30.2. The van der Waals surface area contributed by atoms with E-state index >= 15 is 0 Å². The van der Waals surface area contributed by atoms with Gasteiger partial charge in [0.2, 0.25) is 0 Å². The van der Waals surface area contributed by atoms with E-state index < -0.39 is 0 Å². The summed E-state index contributed by atoms with van der Waals surface area (Å²) < 4.78 is 15.7. The highest BCUT2D eigenvalue weighted by atomic mass is 15.3. The van der Waals surface area contributed by atoms with Crippen LogP contribution in [0.2, 0.25) is 0 Å². The van der Waals surface area contributed by atoms with Crippen LogP contribution in [0.5, 0.6) is 0 Å². The van der Waals surface area contributed by atoms with Gasteiger partial charge in [-0.05, 0) is 91.7 Å². The van der Waals surface area contributed by atoms with E-state index in [1.165, 1.54) is 88.2 Å². The van der Waals surface area contributed by atoms with Gasteiger partial charge in [-0.15, -0.1) is 0 Å². The van der Waals surface area contributed by atoms with Crippen LogP contribution in [0.4, 0.5) is 0 Å². The maximum absolute atomic E-state index is 2.36. The fourth-order valence-corrected chi connectivity index (χ4v) is 9.37. The Hall–Kier alpha value is -7.77. The van der Waals surface area contributed by atoms with Crippen molar-refractivity contribution in [2.45, 2.75) is 138 Å². The van der Waals surface area contributed by atoms with Crippen LogP contribution in [0.3, 0.4) is 0 Å². The number of nitrogens with zero attached hydrogens (tertiary/aromatic N) is 7. The molecule has 428 valence electrons. The van der Waals surface area contributed by atoms with Gasteiger partial charge in [-0.25, -0.2) is 18.3 Å². The number of benzene rings is 6. The molecule has 0 N–H and O–H groups in total. The molecule has 6 aromatic carbocycles. The highest BCUT2D eigenvalue weighted by Crippen LogP contribution is 2.34. The molecule has 0 unspecified atom stereocenters. The average Bonchev–Trinajstić information content (AvgIpc) is 4.28. The maximum atomic E-state index is 2.36. The van der Waals surface area contributed by atoms with Crippen molar-refractivity contribution in [1.29, 1.82) is 0 Å². The van der Waals surface area contributed by atoms with E-state index in [0.717, 1.165) is 5.95 Å². The van der Waals surface area contributed by atoms with Crippen LogP contribution < -0.4 is 13.7 Å². The molecule has 80 heavy (non-hydrogen) atoms. The van der Waals surface area contributed by atoms with Crippen LogP contribution in [0.15, 0.2) is 195 Å². The Morgan fingerprint density at radius 1 is 0.300 bits per heavy atom. The van der Waals surface area contributed by atoms with Gasteiger partial charge in [0.1, 0.15) is 33.3 Å². The molecule has 0 atom stereocenters. The SMILES string of the molecule is CC.CC.CC.CC.CC.CC.CC.CC.CC.C[n+]1ccccc1-n1c2ccccc2c2ccccc21.Cc1cccc2c3ccccc3n(-c3n(C)cc[n+]3C)c12.Cc1ccccc1-n1c2ccccc2c2ccc[n+](C)c21. The van der Waals surface area contributed by atoms with E-state index in [1.54, 1.807) is 0 Å². The van der Waals surface area contributed by atoms with Crippen LogP contribution >= 0.6 is 0 Å². The quantitative estimate of drug-likeness (QED) is 0.158. The average molecular weight is 1080 g/mol. The van der Waals surface area contributed by atoms with Crippen LogP contribution in [0.1, 0.15) is 136 Å². The van der Waals surface area contributed by atoms with Gasteiger partial charge in [-0.1, -0.05) is 222 Å². The lowest BCUT2D eigenvalue weighted by Crippen LogP contribution is -2.32. The van der Waals surface area contributed by atoms with Gasteiger partial charge >= 0.3 is 5.95 Å². The van der Waals surface area contributed by atoms with Crippen LogP contribution in [0.25, 0.3) is 83.0 Å². The molecule has 6 aromatic heterocycles. The number of imidazole rings is 1. The van der Waals surface area contributed by atoms with Gasteiger partial charge in [0, 0.05) is 33.0 Å². The van der Waals surface area contributed by atoms with E-state index in [2.05, 4.69) is 269 Å². The molecule has 12 aromatic rings. The minimum absolute atomic E-state index is 1.16. The lowest BCUT2D eigenvalue weighted by Gasteiger charge is -2.04. The minimum Gasteiger partial charge on any atom is -0.237 e. The predicted octanol–water partition coefficient (Wildman–Crippen LogP) is 20.0. The number of pyridine rings is 2. The van der Waals surface area contributed by atoms with Gasteiger partial charge in [0.25, 0.3) is 11.5 Å². The molecule has 7 nitrogen and oxygen atoms in total. The van der Waals surface area contributed by atoms with Crippen molar-refractivity contribution >= 4 is 65.5 Å². The van der Waals surface area contributed by atoms with Crippen molar-refractivity contribution in [3.63, 3.8) is 0 Å². The molecule has 0 aliphatic rings. The lowest BCUT2D eigenvalue weighted by molar-refractivity contribution is -0.665. The Bertz CT molecular complexity index is 3540. The third-order valence-corrected chi connectivity index (χ3v) is 12.2. The van der Waals surface area contributed by atoms with E-state index in [1.807, 2.05) is 125 Å². The summed E-state index contributed by atoms with van der Waals surface area (Å²) in [5.74, 6) is 2.33. The van der Waals surface area contributed by atoms with Crippen molar-refractivity contribution < 1.29 is 13.7 Å². The monoisotopic (exact) mass is 1080 g/mol. The number of aryl methyl sites for hydroxylation is 6. The van der Waals surface area contributed by atoms with E-state index in [0.29, 0.717) is 0 Å². The molecule has 0 saturated carbocycles. The zero-order valence-electron chi connectivity index (χ0n) is 54.1. The van der Waals surface area contributed by atoms with Crippen LogP contribution in [-0.2, 0) is 28.2 Å². The second-order valence-corrected chi connectivity index (χ2v) is 16.2. The molecule has 0 bridgehead atoms. The Labute approximate surface area is 485 Å². The summed E-state index contributed by atoms with van der Waals surface area (Å²) in [6.07, 6.45) is 8.37. The molecule has 0 aliphatic carbocycles. The standard InChI is InChI=1S/C19H17N2.C18H18N3.C18H15N2.9C2H6/c1-14-8-3-5-11-17(14)21-18-12-6-4-9-15(18)16-10-7-13-20(2)19(16)21;1-13-7-6-9-15-14-8-4-5-10-16(14)21(17(13)15)18-19(2)11-12-20(18)3;1-19-13-7-6-12-18(19)20-16-10-4-2-8-14(16)15-9-3-5-11-17(15)20;9*1-2/h3-13H,1-2H3;4-12H,1-3H3;2-13H,1H3;9*1-2H3/q3*+1;;;;;;;;;. The lowest BCUT2D eigenvalue weighted by atomic mass is 10.1. The molecule has 6 heterocycles. The normalized spacial score (nSPS) is 9.50. The van der Waals surface area contributed by atoms with Crippen molar-refractivity contribution in [2.75, 3.05) is 0 Å². The van der Waals surface area contributed by atoms with E-state index in [4.69, 9.17) is 0 Å². The molecular formula is C73H104N7+3. The fourth-order valence-electron chi connectivity index (χ4n) is 9.37. The first-order valence-electron chi connectivity index (χ1n) is 30.2. The van der Waals surface area contributed by atoms with Gasteiger partial charge in [0.15, 0.2) is 0 Å². The number of hydrogen-bond acceptors (Lipinski definition) is 0. The molecule has 0 aliphatic heterocycles. The van der Waals surface area contributed by atoms with Crippen LogP contribution in [-0.4, -0.2) is 18.3 Å². The number of rotatable bonds is 3. The Kier molecular flexibility index (Phi) is 33.3. The number of hydrogen-bond donors (Lipinski definition) is 0. The fraction of sp³-hybridized carbons (Fsp3) is 0.329. The second kappa shape index (κ2) is 37.9. The van der Waals surface area contributed by atoms with E-state index in [9.17, 15) is 0 Å². The topological polar surface area (TPSA) is 31.4 Å². The first-order chi connectivity index (χ1) is 39.3. The summed E-state index contributed by atoms with van der Waals surface area (Å²) in [5.41, 5.74) is 11.3. The molecule has 0 spiro atoms. The summed E-state index contributed by atoms with van der Waals surface area (Å²) >= 11 is 0. The van der Waals surface area contributed by atoms with Crippen molar-refractivity contribution in [2.24, 2.45) is 28.2 Å². The van der Waals surface area contributed by atoms with Gasteiger partial charge in [0.05, 0.1) is 58.4 Å². The van der Waals surface area contributed by atoms with Gasteiger partial charge in [-0.2, -0.15) is 13.7 Å². The minimum atomic E-state index is 1.16. The van der Waals surface area contributed by atoms with E-state index in [-0.39, 0.29) is 0 Å². The summed E-state index contributed by atoms with van der Waals surface area (Å²) in [6.45, 7) is 40.3. The summed E-state index contributed by atoms with van der Waals surface area (Å²) in [7, 11) is 8.37. The Morgan fingerprint density at radius 2 is 0.675 bits per heavy atom. The first kappa shape index (κ1) is 70.2. The Balaban J connectivity index is 0.000000525. The van der Waals surface area contributed by atoms with Gasteiger partial charge in [-0.3, -0.25) is 0 Å². The number of aromatic nitrogens is 7. The molecule has 0 fully saturated rings. The molecular weight excluding hydrogens is 975 g/mol. The molecule has 7 heteroatoms. The van der Waals surface area contributed by atoms with Crippen molar-refractivity contribution in [1.82, 2.24) is 18.3 Å². The second-order valence-electron chi connectivity index (χ2n) is 16.2. The predicted molar refractivity (Wildman–Crippen MR) is 356 cm³/mol. The highest BCUT2D eigenvalue weighted by molar-refractivity contribution is 6.10. The molecule has 0 amide bonds. The maximum Gasteiger partial charge on any atom is 0.369 e. The van der Waals surface area contributed by atoms with Crippen molar-refractivity contribution in [3.05, 3.63) is 206 Å². The summed E-state index contributed by atoms with van der Waals surface area (Å²) in [5, 5.41) is 7.80. The molecule has 0 radical (unpaired) electrons. The largest absolute Gasteiger partial charge is 0.369 e. The van der Waals surface area contributed by atoms with Crippen LogP contribution in [0, 0.1) is 13.8 Å². The third-order valence-electron chi connectivity index (χ3n) is 12.2. The summed E-state index contributed by atoms with van der Waals surface area (Å²) in [6, 6.07) is 60.1. The molecule has 12 rings (SSSR count). The number of para-hydroxylation sites is 6.